The van der Waals surface area contributed by atoms with Gasteiger partial charge >= 0.3 is 0 Å². The number of carbonyl (C=O) groups excluding carboxylic acids is 1. The highest BCUT2D eigenvalue weighted by Gasteiger charge is 2.14. The zero-order chi connectivity index (χ0) is 11.5. The van der Waals surface area contributed by atoms with E-state index in [4.69, 9.17) is 11.6 Å². The standard InChI is InChI=1S/C13H14ClNO/c1-15-8-2-3-12(15)9-13(16)10-4-6-11(14)7-5-10/h4-7,9H,2-3,8H2,1H3/b12-9+. The van der Waals surface area contributed by atoms with E-state index in [9.17, 15) is 4.79 Å². The number of rotatable bonds is 2. The highest BCUT2D eigenvalue weighted by Crippen LogP contribution is 2.19. The zero-order valence-corrected chi connectivity index (χ0v) is 10.00. The van der Waals surface area contributed by atoms with Crippen LogP contribution >= 0.6 is 11.6 Å². The Kier molecular flexibility index (Phi) is 3.30. The maximum atomic E-state index is 11.9. The summed E-state index contributed by atoms with van der Waals surface area (Å²) in [7, 11) is 2.02. The molecule has 2 nitrogen and oxygen atoms in total. The Hall–Kier alpha value is -1.28. The number of hydrogen-bond acceptors (Lipinski definition) is 2. The molecule has 16 heavy (non-hydrogen) atoms. The van der Waals surface area contributed by atoms with Crippen molar-refractivity contribution in [2.45, 2.75) is 12.8 Å². The number of nitrogens with zero attached hydrogens (tertiary/aromatic N) is 1. The number of likely N-dealkylation sites (tertiary alicyclic amines) is 1. The lowest BCUT2D eigenvalue weighted by Crippen LogP contribution is -2.11. The van der Waals surface area contributed by atoms with Gasteiger partial charge in [0.1, 0.15) is 0 Å². The van der Waals surface area contributed by atoms with Crippen molar-refractivity contribution in [1.82, 2.24) is 4.90 Å². The third-order valence-corrected chi connectivity index (χ3v) is 3.10. The van der Waals surface area contributed by atoms with Gasteiger partial charge in [-0.05, 0) is 37.1 Å². The van der Waals surface area contributed by atoms with Crippen LogP contribution in [0.25, 0.3) is 0 Å². The van der Waals surface area contributed by atoms with Crippen LogP contribution in [0.2, 0.25) is 5.02 Å². The molecular formula is C13H14ClNO. The summed E-state index contributed by atoms with van der Waals surface area (Å²) < 4.78 is 0. The molecule has 0 saturated carbocycles. The van der Waals surface area contributed by atoms with Crippen LogP contribution in [0, 0.1) is 0 Å². The second-order valence-corrected chi connectivity index (χ2v) is 4.47. The van der Waals surface area contributed by atoms with Crippen molar-refractivity contribution in [1.29, 1.82) is 0 Å². The van der Waals surface area contributed by atoms with Crippen LogP contribution in [-0.2, 0) is 0 Å². The predicted octanol–water partition coefficient (Wildman–Crippen LogP) is 3.13. The normalized spacial score (nSPS) is 18.1. The lowest BCUT2D eigenvalue weighted by Gasteiger charge is -2.11. The largest absolute Gasteiger partial charge is 0.378 e. The first kappa shape index (κ1) is 11.2. The minimum atomic E-state index is 0.0559. The van der Waals surface area contributed by atoms with Crippen molar-refractivity contribution in [2.24, 2.45) is 0 Å². The van der Waals surface area contributed by atoms with Crippen molar-refractivity contribution in [3.8, 4) is 0 Å². The molecule has 1 aliphatic rings. The average Bonchev–Trinajstić information content (AvgIpc) is 2.65. The van der Waals surface area contributed by atoms with E-state index in [1.807, 2.05) is 7.05 Å². The number of carbonyl (C=O) groups is 1. The molecule has 0 unspecified atom stereocenters. The molecule has 1 aromatic carbocycles. The Morgan fingerprint density at radius 2 is 2.06 bits per heavy atom. The van der Waals surface area contributed by atoms with E-state index in [1.165, 1.54) is 0 Å². The number of allylic oxidation sites excluding steroid dienone is 2. The van der Waals surface area contributed by atoms with Crippen LogP contribution in [0.3, 0.4) is 0 Å². The third-order valence-electron chi connectivity index (χ3n) is 2.84. The van der Waals surface area contributed by atoms with E-state index in [-0.39, 0.29) is 5.78 Å². The molecule has 0 bridgehead atoms. The van der Waals surface area contributed by atoms with Crippen molar-refractivity contribution in [3.05, 3.63) is 46.6 Å². The van der Waals surface area contributed by atoms with Gasteiger partial charge in [0.05, 0.1) is 0 Å². The Labute approximate surface area is 101 Å². The molecule has 1 saturated heterocycles. The fourth-order valence-electron chi connectivity index (χ4n) is 1.86. The maximum absolute atomic E-state index is 11.9. The number of ketones is 1. The smallest absolute Gasteiger partial charge is 0.187 e. The quantitative estimate of drug-likeness (QED) is 0.580. The summed E-state index contributed by atoms with van der Waals surface area (Å²) in [6.45, 7) is 1.04. The first-order valence-corrected chi connectivity index (χ1v) is 5.76. The fourth-order valence-corrected chi connectivity index (χ4v) is 1.99. The molecule has 1 heterocycles. The van der Waals surface area contributed by atoms with Crippen molar-refractivity contribution in [3.63, 3.8) is 0 Å². The molecule has 0 radical (unpaired) electrons. The summed E-state index contributed by atoms with van der Waals surface area (Å²) in [5, 5.41) is 0.655. The topological polar surface area (TPSA) is 20.3 Å². The first-order valence-electron chi connectivity index (χ1n) is 5.38. The number of benzene rings is 1. The zero-order valence-electron chi connectivity index (χ0n) is 9.24. The second-order valence-electron chi connectivity index (χ2n) is 4.03. The van der Waals surface area contributed by atoms with Gasteiger partial charge in [0.2, 0.25) is 0 Å². The van der Waals surface area contributed by atoms with Crippen LogP contribution in [0.4, 0.5) is 0 Å². The Balaban J connectivity index is 2.16. The van der Waals surface area contributed by atoms with E-state index in [0.29, 0.717) is 10.6 Å². The lowest BCUT2D eigenvalue weighted by molar-refractivity contribution is 0.104. The van der Waals surface area contributed by atoms with Gasteiger partial charge in [-0.3, -0.25) is 4.79 Å². The van der Waals surface area contributed by atoms with Gasteiger partial charge in [-0.2, -0.15) is 0 Å². The monoisotopic (exact) mass is 235 g/mol. The van der Waals surface area contributed by atoms with Gasteiger partial charge in [0.15, 0.2) is 5.78 Å². The molecule has 0 N–H and O–H groups in total. The van der Waals surface area contributed by atoms with E-state index in [1.54, 1.807) is 30.3 Å². The molecule has 0 amide bonds. The maximum Gasteiger partial charge on any atom is 0.187 e. The molecule has 2 rings (SSSR count). The SMILES string of the molecule is CN1CCC/C1=C\C(=O)c1ccc(Cl)cc1. The van der Waals surface area contributed by atoms with Gasteiger partial charge in [0, 0.05) is 36.0 Å². The molecule has 84 valence electrons. The van der Waals surface area contributed by atoms with Gasteiger partial charge in [-0.1, -0.05) is 11.6 Å². The van der Waals surface area contributed by atoms with Crippen molar-refractivity contribution < 1.29 is 4.79 Å². The first-order chi connectivity index (χ1) is 7.66. The summed E-state index contributed by atoms with van der Waals surface area (Å²) in [6, 6.07) is 7.00. The molecule has 1 aliphatic heterocycles. The van der Waals surface area contributed by atoms with E-state index in [0.717, 1.165) is 25.1 Å². The van der Waals surface area contributed by atoms with Crippen LogP contribution in [0.15, 0.2) is 36.0 Å². The lowest BCUT2D eigenvalue weighted by atomic mass is 10.1. The number of hydrogen-bond donors (Lipinski definition) is 0. The van der Waals surface area contributed by atoms with E-state index in [2.05, 4.69) is 4.90 Å². The minimum Gasteiger partial charge on any atom is -0.378 e. The van der Waals surface area contributed by atoms with Gasteiger partial charge in [-0.15, -0.1) is 0 Å². The van der Waals surface area contributed by atoms with Crippen LogP contribution in [0.1, 0.15) is 23.2 Å². The molecule has 1 aromatic rings. The number of halogens is 1. The summed E-state index contributed by atoms with van der Waals surface area (Å²) in [6.07, 6.45) is 3.86. The average molecular weight is 236 g/mol. The second kappa shape index (κ2) is 4.71. The Morgan fingerprint density at radius 1 is 1.38 bits per heavy atom. The van der Waals surface area contributed by atoms with E-state index < -0.39 is 0 Å². The Morgan fingerprint density at radius 3 is 2.62 bits per heavy atom. The summed E-state index contributed by atoms with van der Waals surface area (Å²) >= 11 is 5.77. The predicted molar refractivity (Wildman–Crippen MR) is 65.7 cm³/mol. The molecule has 0 aromatic heterocycles. The third kappa shape index (κ3) is 2.45. The van der Waals surface area contributed by atoms with Crippen molar-refractivity contribution >= 4 is 17.4 Å². The van der Waals surface area contributed by atoms with Crippen molar-refractivity contribution in [2.75, 3.05) is 13.6 Å². The van der Waals surface area contributed by atoms with Gasteiger partial charge in [0.25, 0.3) is 0 Å². The van der Waals surface area contributed by atoms with E-state index >= 15 is 0 Å². The van der Waals surface area contributed by atoms with Gasteiger partial charge < -0.3 is 4.90 Å². The minimum absolute atomic E-state index is 0.0559. The van der Waals surface area contributed by atoms with Crippen LogP contribution < -0.4 is 0 Å². The summed E-state index contributed by atoms with van der Waals surface area (Å²) in [5.41, 5.74) is 1.82. The molecule has 0 aliphatic carbocycles. The summed E-state index contributed by atoms with van der Waals surface area (Å²) in [4.78, 5) is 14.0. The highest BCUT2D eigenvalue weighted by atomic mass is 35.5. The fraction of sp³-hybridized carbons (Fsp3) is 0.308. The molecule has 0 spiro atoms. The van der Waals surface area contributed by atoms with Crippen LogP contribution in [-0.4, -0.2) is 24.3 Å². The summed E-state index contributed by atoms with van der Waals surface area (Å²) in [5.74, 6) is 0.0559. The van der Waals surface area contributed by atoms with Crippen LogP contribution in [0.5, 0.6) is 0 Å². The Bertz CT molecular complexity index is 422. The molecule has 0 atom stereocenters. The molecule has 1 fully saturated rings. The molecule has 3 heteroatoms. The van der Waals surface area contributed by atoms with Gasteiger partial charge in [-0.25, -0.2) is 0 Å². The highest BCUT2D eigenvalue weighted by molar-refractivity contribution is 6.30. The molecular weight excluding hydrogens is 222 g/mol.